The molecule has 2 N–H and O–H groups in total. The van der Waals surface area contributed by atoms with Crippen molar-refractivity contribution in [1.29, 1.82) is 0 Å². The zero-order valence-electron chi connectivity index (χ0n) is 15.3. The van der Waals surface area contributed by atoms with E-state index in [4.69, 9.17) is 4.74 Å². The van der Waals surface area contributed by atoms with Crippen molar-refractivity contribution < 1.29 is 17.9 Å². The second-order valence-corrected chi connectivity index (χ2v) is 8.24. The summed E-state index contributed by atoms with van der Waals surface area (Å²) in [5, 5.41) is 2.88. The van der Waals surface area contributed by atoms with Gasteiger partial charge in [0.2, 0.25) is 10.0 Å². The maximum absolute atomic E-state index is 12.5. The van der Waals surface area contributed by atoms with E-state index < -0.39 is 10.0 Å². The summed E-state index contributed by atoms with van der Waals surface area (Å²) in [5.41, 5.74) is 2.21. The van der Waals surface area contributed by atoms with Gasteiger partial charge < -0.3 is 10.1 Å². The predicted molar refractivity (Wildman–Crippen MR) is 104 cm³/mol. The van der Waals surface area contributed by atoms with Crippen molar-refractivity contribution in [3.05, 3.63) is 59.7 Å². The molecular formula is C20H24N2O4S. The lowest BCUT2D eigenvalue weighted by Crippen LogP contribution is -2.31. The number of sulfonamides is 1. The molecule has 1 saturated heterocycles. The number of carbonyl (C=O) groups excluding carboxylic acids is 1. The van der Waals surface area contributed by atoms with Gasteiger partial charge in [-0.3, -0.25) is 4.79 Å². The average Bonchev–Trinajstić information content (AvgIpc) is 3.21. The van der Waals surface area contributed by atoms with E-state index in [9.17, 15) is 13.2 Å². The number of anilines is 1. The topological polar surface area (TPSA) is 84.5 Å². The quantitative estimate of drug-likeness (QED) is 0.764. The minimum absolute atomic E-state index is 0.0662. The maximum Gasteiger partial charge on any atom is 0.255 e. The van der Waals surface area contributed by atoms with Crippen LogP contribution in [0.4, 0.5) is 5.69 Å². The van der Waals surface area contributed by atoms with E-state index in [2.05, 4.69) is 10.0 Å². The van der Waals surface area contributed by atoms with Crippen LogP contribution in [-0.4, -0.2) is 33.6 Å². The number of ether oxygens (including phenoxy) is 1. The molecule has 1 fully saturated rings. The molecule has 2 aromatic carbocycles. The average molecular weight is 388 g/mol. The number of benzene rings is 2. The van der Waals surface area contributed by atoms with E-state index >= 15 is 0 Å². The highest BCUT2D eigenvalue weighted by Crippen LogP contribution is 2.18. The van der Waals surface area contributed by atoms with E-state index in [1.165, 1.54) is 24.3 Å². The normalized spacial score (nSPS) is 17.0. The van der Waals surface area contributed by atoms with Crippen LogP contribution in [0.5, 0.6) is 0 Å². The summed E-state index contributed by atoms with van der Waals surface area (Å²) >= 11 is 0. The third-order valence-electron chi connectivity index (χ3n) is 4.60. The highest BCUT2D eigenvalue weighted by atomic mass is 32.2. The molecule has 2 aromatic rings. The van der Waals surface area contributed by atoms with Gasteiger partial charge in [-0.2, -0.15) is 0 Å². The van der Waals surface area contributed by atoms with Crippen LogP contribution in [0.25, 0.3) is 0 Å². The molecule has 7 heteroatoms. The van der Waals surface area contributed by atoms with Crippen LogP contribution in [0.15, 0.2) is 53.4 Å². The summed E-state index contributed by atoms with van der Waals surface area (Å²) in [6, 6.07) is 13.5. The Morgan fingerprint density at radius 1 is 1.15 bits per heavy atom. The Bertz CT molecular complexity index is 888. The van der Waals surface area contributed by atoms with Gasteiger partial charge in [0.15, 0.2) is 0 Å². The molecule has 0 bridgehead atoms. The highest BCUT2D eigenvalue weighted by Gasteiger charge is 2.20. The number of carbonyl (C=O) groups is 1. The largest absolute Gasteiger partial charge is 0.377 e. The number of hydrogen-bond acceptors (Lipinski definition) is 4. The molecule has 3 rings (SSSR count). The van der Waals surface area contributed by atoms with Crippen molar-refractivity contribution in [3.8, 4) is 0 Å². The van der Waals surface area contributed by atoms with Gasteiger partial charge in [0.1, 0.15) is 0 Å². The lowest BCUT2D eigenvalue weighted by Gasteiger charge is -2.12. The predicted octanol–water partition coefficient (Wildman–Crippen LogP) is 2.96. The SMILES string of the molecule is CCc1ccccc1NC(=O)c1ccc(S(=O)(=O)NC[C@H]2CCCO2)cc1. The maximum atomic E-state index is 12.5. The van der Waals surface area contributed by atoms with Crippen LogP contribution in [0.2, 0.25) is 0 Å². The summed E-state index contributed by atoms with van der Waals surface area (Å²) in [5.74, 6) is -0.271. The van der Waals surface area contributed by atoms with Crippen LogP contribution in [-0.2, 0) is 21.2 Å². The van der Waals surface area contributed by atoms with Crippen molar-refractivity contribution >= 4 is 21.6 Å². The number of para-hydroxylation sites is 1. The highest BCUT2D eigenvalue weighted by molar-refractivity contribution is 7.89. The first-order chi connectivity index (χ1) is 13.0. The van der Waals surface area contributed by atoms with Crippen molar-refractivity contribution in [3.63, 3.8) is 0 Å². The molecule has 6 nitrogen and oxygen atoms in total. The number of rotatable bonds is 7. The molecule has 0 aromatic heterocycles. The molecule has 1 amide bonds. The van der Waals surface area contributed by atoms with Crippen molar-refractivity contribution in [2.24, 2.45) is 0 Å². The van der Waals surface area contributed by atoms with Crippen LogP contribution in [0.1, 0.15) is 35.7 Å². The fraction of sp³-hybridized carbons (Fsp3) is 0.350. The molecule has 0 saturated carbocycles. The molecule has 27 heavy (non-hydrogen) atoms. The van der Waals surface area contributed by atoms with E-state index in [0.717, 1.165) is 30.5 Å². The lowest BCUT2D eigenvalue weighted by atomic mass is 10.1. The summed E-state index contributed by atoms with van der Waals surface area (Å²) in [4.78, 5) is 12.6. The first-order valence-corrected chi connectivity index (χ1v) is 10.6. The third kappa shape index (κ3) is 4.94. The van der Waals surface area contributed by atoms with Crippen LogP contribution in [0.3, 0.4) is 0 Å². The number of aryl methyl sites for hydroxylation is 1. The smallest absolute Gasteiger partial charge is 0.255 e. The Kier molecular flexibility index (Phi) is 6.26. The van der Waals surface area contributed by atoms with Gasteiger partial charge in [0, 0.05) is 24.4 Å². The molecule has 0 spiro atoms. The van der Waals surface area contributed by atoms with Gasteiger partial charge >= 0.3 is 0 Å². The minimum atomic E-state index is -3.62. The summed E-state index contributed by atoms with van der Waals surface area (Å²) in [7, 11) is -3.62. The number of nitrogens with one attached hydrogen (secondary N) is 2. The summed E-state index contributed by atoms with van der Waals surface area (Å²) < 4.78 is 32.8. The Morgan fingerprint density at radius 3 is 2.56 bits per heavy atom. The Morgan fingerprint density at radius 2 is 1.89 bits per heavy atom. The molecule has 1 aliphatic heterocycles. The van der Waals surface area contributed by atoms with E-state index in [1.807, 2.05) is 31.2 Å². The van der Waals surface area contributed by atoms with Gasteiger partial charge in [0.05, 0.1) is 11.0 Å². The van der Waals surface area contributed by atoms with Crippen molar-refractivity contribution in [1.82, 2.24) is 4.72 Å². The van der Waals surface area contributed by atoms with Gasteiger partial charge in [-0.05, 0) is 55.2 Å². The minimum Gasteiger partial charge on any atom is -0.377 e. The van der Waals surface area contributed by atoms with Crippen molar-refractivity contribution in [2.75, 3.05) is 18.5 Å². The second kappa shape index (κ2) is 8.65. The monoisotopic (exact) mass is 388 g/mol. The summed E-state index contributed by atoms with van der Waals surface area (Å²) in [6.07, 6.45) is 2.56. The van der Waals surface area contributed by atoms with Gasteiger partial charge in [-0.1, -0.05) is 25.1 Å². The van der Waals surface area contributed by atoms with Crippen LogP contribution >= 0.6 is 0 Å². The molecule has 1 aliphatic rings. The van der Waals surface area contributed by atoms with Crippen LogP contribution < -0.4 is 10.0 Å². The first-order valence-electron chi connectivity index (χ1n) is 9.10. The van der Waals surface area contributed by atoms with E-state index in [1.54, 1.807) is 0 Å². The zero-order valence-corrected chi connectivity index (χ0v) is 16.1. The Hall–Kier alpha value is -2.22. The van der Waals surface area contributed by atoms with E-state index in [-0.39, 0.29) is 23.5 Å². The standard InChI is InChI=1S/C20H24N2O4S/c1-2-15-6-3-4-8-19(15)22-20(23)16-9-11-18(12-10-16)27(24,25)21-14-17-7-5-13-26-17/h3-4,6,8-12,17,21H,2,5,7,13-14H2,1H3,(H,22,23)/t17-/m1/s1. The Labute approximate surface area is 160 Å². The fourth-order valence-electron chi connectivity index (χ4n) is 3.02. The van der Waals surface area contributed by atoms with Gasteiger partial charge in [-0.15, -0.1) is 0 Å². The van der Waals surface area contributed by atoms with Crippen molar-refractivity contribution in [2.45, 2.75) is 37.2 Å². The van der Waals surface area contributed by atoms with E-state index in [0.29, 0.717) is 12.2 Å². The van der Waals surface area contributed by atoms with Crippen LogP contribution in [0, 0.1) is 0 Å². The Balaban J connectivity index is 1.66. The zero-order chi connectivity index (χ0) is 19.3. The number of amides is 1. The second-order valence-electron chi connectivity index (χ2n) is 6.48. The molecule has 0 radical (unpaired) electrons. The molecule has 144 valence electrons. The first kappa shape index (κ1) is 19.5. The molecule has 0 aliphatic carbocycles. The fourth-order valence-corrected chi connectivity index (χ4v) is 4.09. The summed E-state index contributed by atoms with van der Waals surface area (Å²) in [6.45, 7) is 2.96. The van der Waals surface area contributed by atoms with Gasteiger partial charge in [0.25, 0.3) is 5.91 Å². The molecule has 0 unspecified atom stereocenters. The van der Waals surface area contributed by atoms with Gasteiger partial charge in [-0.25, -0.2) is 13.1 Å². The third-order valence-corrected chi connectivity index (χ3v) is 6.04. The number of hydrogen-bond donors (Lipinski definition) is 2. The molecule has 1 atom stereocenters. The molecular weight excluding hydrogens is 364 g/mol. The molecule has 1 heterocycles. The lowest BCUT2D eigenvalue weighted by molar-refractivity contribution is 0.102.